The average molecular weight is 401 g/mol. The normalized spacial score (nSPS) is 22.8. The van der Waals surface area contributed by atoms with Gasteiger partial charge in [0.2, 0.25) is 10.0 Å². The standard InChI is InChI=1S/C14H17F4N2O5S/c1-12(2)24-6-11(25-12)13(21,26(19,22)23)7-20-8-3-4-10(15)9(5-8)14(16,17)18/h3-5,11,21H,6-7H2,1-2H3,(H2,19,22,23)/q-1. The molecule has 0 aliphatic carbocycles. The van der Waals surface area contributed by atoms with Crippen LogP contribution in [-0.2, 0) is 25.7 Å². The predicted octanol–water partition coefficient (Wildman–Crippen LogP) is 1.98. The molecule has 2 atom stereocenters. The van der Waals surface area contributed by atoms with Gasteiger partial charge in [0.05, 0.1) is 12.2 Å². The van der Waals surface area contributed by atoms with Crippen LogP contribution in [0.1, 0.15) is 19.4 Å². The molecule has 1 aliphatic heterocycles. The number of halogens is 4. The number of benzene rings is 1. The van der Waals surface area contributed by atoms with Crippen molar-refractivity contribution in [1.29, 1.82) is 0 Å². The highest BCUT2D eigenvalue weighted by Crippen LogP contribution is 2.37. The lowest BCUT2D eigenvalue weighted by Crippen LogP contribution is -2.56. The zero-order chi connectivity index (χ0) is 20.0. The Labute approximate surface area is 147 Å². The summed E-state index contributed by atoms with van der Waals surface area (Å²) in [6.45, 7) is 1.69. The summed E-state index contributed by atoms with van der Waals surface area (Å²) < 4.78 is 85.7. The van der Waals surface area contributed by atoms with Crippen LogP contribution >= 0.6 is 0 Å². The molecular weight excluding hydrogens is 384 g/mol. The minimum absolute atomic E-state index is 0.327. The van der Waals surface area contributed by atoms with Crippen LogP contribution in [0, 0.1) is 5.82 Å². The van der Waals surface area contributed by atoms with Crippen LogP contribution in [0.4, 0.5) is 23.2 Å². The fraction of sp³-hybridized carbons (Fsp3) is 0.571. The molecule has 0 spiro atoms. The minimum atomic E-state index is -4.96. The predicted molar refractivity (Wildman–Crippen MR) is 82.2 cm³/mol. The van der Waals surface area contributed by atoms with Gasteiger partial charge in [0, 0.05) is 0 Å². The summed E-state index contributed by atoms with van der Waals surface area (Å²) in [4.78, 5) is -2.74. The zero-order valence-electron chi connectivity index (χ0n) is 13.7. The van der Waals surface area contributed by atoms with Gasteiger partial charge in [0.15, 0.2) is 10.7 Å². The quantitative estimate of drug-likeness (QED) is 0.733. The molecule has 0 saturated carbocycles. The topological polar surface area (TPSA) is 113 Å². The maximum atomic E-state index is 13.3. The first-order valence-electron chi connectivity index (χ1n) is 7.26. The number of hydrogen-bond donors (Lipinski definition) is 2. The van der Waals surface area contributed by atoms with Crippen LogP contribution in [0.25, 0.3) is 5.32 Å². The third kappa shape index (κ3) is 4.26. The van der Waals surface area contributed by atoms with Gasteiger partial charge >= 0.3 is 6.18 Å². The molecule has 1 heterocycles. The third-order valence-corrected chi connectivity index (χ3v) is 5.13. The lowest BCUT2D eigenvalue weighted by Gasteiger charge is -2.37. The smallest absolute Gasteiger partial charge is 0.419 e. The molecule has 1 saturated heterocycles. The van der Waals surface area contributed by atoms with Crippen molar-refractivity contribution in [1.82, 2.24) is 0 Å². The maximum Gasteiger partial charge on any atom is 0.419 e. The molecule has 0 amide bonds. The molecule has 12 heteroatoms. The molecule has 0 bridgehead atoms. The second-order valence-corrected chi connectivity index (χ2v) is 7.98. The number of alkyl halides is 3. The van der Waals surface area contributed by atoms with Crippen molar-refractivity contribution >= 4 is 15.7 Å². The molecule has 0 radical (unpaired) electrons. The number of ether oxygens (including phenoxy) is 2. The zero-order valence-corrected chi connectivity index (χ0v) is 14.6. The van der Waals surface area contributed by atoms with E-state index in [1.807, 2.05) is 0 Å². The Morgan fingerprint density at radius 1 is 1.38 bits per heavy atom. The Hall–Kier alpha value is -1.47. The molecule has 1 aliphatic rings. The minimum Gasteiger partial charge on any atom is -0.681 e. The van der Waals surface area contributed by atoms with Crippen LogP contribution in [0.15, 0.2) is 18.2 Å². The molecule has 1 fully saturated rings. The van der Waals surface area contributed by atoms with Gasteiger partial charge in [0.1, 0.15) is 11.9 Å². The van der Waals surface area contributed by atoms with E-state index in [-0.39, 0.29) is 12.3 Å². The number of nitrogens with two attached hydrogens (primary N) is 1. The first kappa shape index (κ1) is 20.8. The monoisotopic (exact) mass is 401 g/mol. The number of primary sulfonamides is 1. The second kappa shape index (κ2) is 6.60. The maximum absolute atomic E-state index is 13.3. The lowest BCUT2D eigenvalue weighted by molar-refractivity contribution is -0.154. The summed E-state index contributed by atoms with van der Waals surface area (Å²) in [5.74, 6) is -2.70. The Morgan fingerprint density at radius 3 is 2.46 bits per heavy atom. The first-order chi connectivity index (χ1) is 11.7. The molecular formula is C14H17F4N2O5S-. The molecule has 7 nitrogen and oxygen atoms in total. The number of nitrogens with zero attached hydrogens (tertiary/aromatic N) is 1. The van der Waals surface area contributed by atoms with E-state index in [2.05, 4.69) is 5.32 Å². The van der Waals surface area contributed by atoms with E-state index in [0.717, 1.165) is 6.07 Å². The van der Waals surface area contributed by atoms with E-state index in [1.165, 1.54) is 13.8 Å². The Morgan fingerprint density at radius 2 is 2.00 bits per heavy atom. The molecule has 148 valence electrons. The van der Waals surface area contributed by atoms with Crippen molar-refractivity contribution in [3.63, 3.8) is 0 Å². The van der Waals surface area contributed by atoms with Crippen LogP contribution < -0.4 is 5.14 Å². The van der Waals surface area contributed by atoms with Gasteiger partial charge in [0.25, 0.3) is 0 Å². The molecule has 1 aromatic carbocycles. The van der Waals surface area contributed by atoms with Crippen molar-refractivity contribution in [2.45, 2.75) is 36.8 Å². The van der Waals surface area contributed by atoms with Gasteiger partial charge in [-0.2, -0.15) is 13.2 Å². The van der Waals surface area contributed by atoms with E-state index >= 15 is 0 Å². The molecule has 2 rings (SSSR count). The van der Waals surface area contributed by atoms with Crippen LogP contribution in [0.3, 0.4) is 0 Å². The second-order valence-electron chi connectivity index (χ2n) is 6.19. The van der Waals surface area contributed by atoms with Crippen LogP contribution in [0.5, 0.6) is 0 Å². The lowest BCUT2D eigenvalue weighted by atomic mass is 10.1. The molecule has 26 heavy (non-hydrogen) atoms. The van der Waals surface area contributed by atoms with E-state index < -0.39 is 50.9 Å². The SMILES string of the molecule is CC1(C)OCC(C(O)(C[N-]c2ccc(F)c(C(F)(F)F)c2)S(N)(=O)=O)O1. The van der Waals surface area contributed by atoms with Gasteiger partial charge in [-0.15, -0.1) is 5.69 Å². The number of rotatable bonds is 5. The number of sulfonamides is 1. The Kier molecular flexibility index (Phi) is 5.29. The summed E-state index contributed by atoms with van der Waals surface area (Å²) in [5, 5.41) is 19.2. The number of aliphatic hydroxyl groups is 1. The highest BCUT2D eigenvalue weighted by molar-refractivity contribution is 7.90. The third-order valence-electron chi connectivity index (χ3n) is 3.75. The largest absolute Gasteiger partial charge is 0.681 e. The Balaban J connectivity index is 2.27. The number of hydrogen-bond acceptors (Lipinski definition) is 5. The summed E-state index contributed by atoms with van der Waals surface area (Å²) in [5.41, 5.74) is -1.96. The molecule has 3 N–H and O–H groups in total. The van der Waals surface area contributed by atoms with Crippen molar-refractivity contribution < 1.29 is 40.6 Å². The van der Waals surface area contributed by atoms with Crippen LogP contribution in [-0.4, -0.2) is 43.5 Å². The van der Waals surface area contributed by atoms with E-state index in [0.29, 0.717) is 12.1 Å². The van der Waals surface area contributed by atoms with Gasteiger partial charge in [-0.1, -0.05) is 18.7 Å². The molecule has 1 aromatic rings. The fourth-order valence-electron chi connectivity index (χ4n) is 2.32. The van der Waals surface area contributed by atoms with Gasteiger partial charge in [-0.3, -0.25) is 0 Å². The van der Waals surface area contributed by atoms with Gasteiger partial charge < -0.3 is 19.9 Å². The van der Waals surface area contributed by atoms with Crippen molar-refractivity contribution in [3.8, 4) is 0 Å². The van der Waals surface area contributed by atoms with E-state index in [4.69, 9.17) is 14.6 Å². The highest BCUT2D eigenvalue weighted by Gasteiger charge is 2.51. The Bertz CT molecular complexity index is 784. The summed E-state index contributed by atoms with van der Waals surface area (Å²) in [7, 11) is -4.65. The van der Waals surface area contributed by atoms with Crippen molar-refractivity contribution in [3.05, 3.63) is 34.9 Å². The van der Waals surface area contributed by atoms with Crippen LogP contribution in [0.2, 0.25) is 0 Å². The van der Waals surface area contributed by atoms with Crippen molar-refractivity contribution in [2.75, 3.05) is 13.2 Å². The summed E-state index contributed by atoms with van der Waals surface area (Å²) in [6, 6.07) is 1.84. The van der Waals surface area contributed by atoms with Gasteiger partial charge in [-0.25, -0.2) is 17.9 Å². The highest BCUT2D eigenvalue weighted by atomic mass is 32.2. The molecule has 0 aromatic heterocycles. The van der Waals surface area contributed by atoms with Crippen molar-refractivity contribution in [2.24, 2.45) is 5.14 Å². The first-order valence-corrected chi connectivity index (χ1v) is 8.81. The van der Waals surface area contributed by atoms with E-state index in [1.54, 1.807) is 0 Å². The summed E-state index contributed by atoms with van der Waals surface area (Å²) in [6.07, 6.45) is -6.38. The average Bonchev–Trinajstić information content (AvgIpc) is 2.84. The summed E-state index contributed by atoms with van der Waals surface area (Å²) >= 11 is 0. The van der Waals surface area contributed by atoms with Gasteiger partial charge in [-0.05, 0) is 19.9 Å². The fourth-order valence-corrected chi connectivity index (χ4v) is 3.04. The molecule has 2 unspecified atom stereocenters. The van der Waals surface area contributed by atoms with E-state index in [9.17, 15) is 31.1 Å².